The van der Waals surface area contributed by atoms with Gasteiger partial charge in [-0.05, 0) is 26.3 Å². The van der Waals surface area contributed by atoms with Gasteiger partial charge in [0.05, 0.1) is 25.4 Å². The maximum Gasteiger partial charge on any atom is 0.336 e. The van der Waals surface area contributed by atoms with Crippen LogP contribution in [0.5, 0.6) is 0 Å². The fourth-order valence-electron chi connectivity index (χ4n) is 2.91. The lowest BCUT2D eigenvalue weighted by Crippen LogP contribution is -2.37. The smallest absolute Gasteiger partial charge is 0.336 e. The number of methoxy groups -OCH3 is 2. The fraction of sp³-hybridized carbons (Fsp3) is 0.350. The highest BCUT2D eigenvalue weighted by atomic mass is 16.5. The molecule has 27 heavy (non-hydrogen) atoms. The molecule has 1 N–H and O–H groups in total. The second-order valence-electron chi connectivity index (χ2n) is 6.21. The van der Waals surface area contributed by atoms with Gasteiger partial charge >= 0.3 is 17.9 Å². The van der Waals surface area contributed by atoms with E-state index in [9.17, 15) is 14.4 Å². The number of dihydropyridines is 1. The monoisotopic (exact) mass is 373 g/mol. The van der Waals surface area contributed by atoms with Crippen LogP contribution in [0.15, 0.2) is 46.8 Å². The molecule has 0 spiro atoms. The number of allylic oxidation sites excluding steroid dienone is 2. The first-order chi connectivity index (χ1) is 12.8. The normalized spacial score (nSPS) is 14.6. The Balaban J connectivity index is 2.36. The summed E-state index contributed by atoms with van der Waals surface area (Å²) in [6.07, 6.45) is 0. The zero-order valence-electron chi connectivity index (χ0n) is 16.0. The number of rotatable bonds is 5. The van der Waals surface area contributed by atoms with Crippen molar-refractivity contribution in [1.29, 1.82) is 0 Å². The SMILES string of the molecule is COC(=O)C1=C(C)NC(C)=C(C(=O)OC)C1C(=O)OCc1ccc(C)cc1. The molecule has 0 unspecified atom stereocenters. The standard InChI is InChI=1S/C20H23NO6/c1-11-6-8-14(9-7-11)10-27-20(24)17-15(18(22)25-4)12(2)21-13(3)16(17)19(23)26-5/h6-9,17,21H,10H2,1-5H3. The van der Waals surface area contributed by atoms with E-state index in [1.54, 1.807) is 13.8 Å². The largest absolute Gasteiger partial charge is 0.466 e. The third kappa shape index (κ3) is 4.36. The quantitative estimate of drug-likeness (QED) is 0.625. The minimum Gasteiger partial charge on any atom is -0.466 e. The summed E-state index contributed by atoms with van der Waals surface area (Å²) in [6, 6.07) is 7.49. The van der Waals surface area contributed by atoms with Crippen LogP contribution in [0.3, 0.4) is 0 Å². The van der Waals surface area contributed by atoms with Gasteiger partial charge in [0, 0.05) is 11.4 Å². The minimum absolute atomic E-state index is 0.0179. The van der Waals surface area contributed by atoms with Crippen LogP contribution in [-0.4, -0.2) is 32.1 Å². The number of esters is 3. The van der Waals surface area contributed by atoms with Crippen LogP contribution in [0.1, 0.15) is 25.0 Å². The number of carbonyl (C=O) groups excluding carboxylic acids is 3. The molecule has 0 fully saturated rings. The summed E-state index contributed by atoms with van der Waals surface area (Å²) >= 11 is 0. The van der Waals surface area contributed by atoms with Crippen LogP contribution in [-0.2, 0) is 35.2 Å². The zero-order valence-corrected chi connectivity index (χ0v) is 16.0. The summed E-state index contributed by atoms with van der Waals surface area (Å²) in [6.45, 7) is 5.23. The maximum atomic E-state index is 12.9. The Bertz CT molecular complexity index is 781. The first-order valence-corrected chi connectivity index (χ1v) is 8.37. The summed E-state index contributed by atoms with van der Waals surface area (Å²) in [5, 5.41) is 2.92. The van der Waals surface area contributed by atoms with Gasteiger partial charge in [-0.2, -0.15) is 0 Å². The highest BCUT2D eigenvalue weighted by molar-refractivity contribution is 6.05. The molecule has 0 bridgehead atoms. The summed E-state index contributed by atoms with van der Waals surface area (Å²) < 4.78 is 15.0. The Kier molecular flexibility index (Phi) is 6.39. The van der Waals surface area contributed by atoms with Gasteiger partial charge in [-0.1, -0.05) is 29.8 Å². The number of hydrogen-bond donors (Lipinski definition) is 1. The number of nitrogens with one attached hydrogen (secondary N) is 1. The van der Waals surface area contributed by atoms with E-state index in [2.05, 4.69) is 5.32 Å². The molecule has 1 aromatic rings. The Hall–Kier alpha value is -3.09. The summed E-state index contributed by atoms with van der Waals surface area (Å²) in [7, 11) is 2.42. The average Bonchev–Trinajstić information content (AvgIpc) is 2.65. The molecule has 7 nitrogen and oxygen atoms in total. The third-order valence-corrected chi connectivity index (χ3v) is 4.31. The lowest BCUT2D eigenvalue weighted by atomic mass is 9.85. The number of carbonyl (C=O) groups is 3. The first kappa shape index (κ1) is 20.2. The van der Waals surface area contributed by atoms with Gasteiger partial charge in [-0.25, -0.2) is 9.59 Å². The molecule has 0 saturated heterocycles. The minimum atomic E-state index is -1.23. The molecule has 1 aliphatic rings. The average molecular weight is 373 g/mol. The number of hydrogen-bond acceptors (Lipinski definition) is 7. The van der Waals surface area contributed by atoms with Crippen molar-refractivity contribution in [1.82, 2.24) is 5.32 Å². The van der Waals surface area contributed by atoms with Gasteiger partial charge in [-0.15, -0.1) is 0 Å². The molecule has 0 aromatic heterocycles. The van der Waals surface area contributed by atoms with Crippen molar-refractivity contribution in [3.63, 3.8) is 0 Å². The van der Waals surface area contributed by atoms with Crippen LogP contribution < -0.4 is 5.32 Å². The molecule has 2 rings (SSSR count). The van der Waals surface area contributed by atoms with Gasteiger partial charge < -0.3 is 19.5 Å². The predicted octanol–water partition coefficient (Wildman–Crippen LogP) is 2.15. The van der Waals surface area contributed by atoms with Crippen LogP contribution >= 0.6 is 0 Å². The fourth-order valence-corrected chi connectivity index (χ4v) is 2.91. The van der Waals surface area contributed by atoms with Crippen molar-refractivity contribution in [2.75, 3.05) is 14.2 Å². The van der Waals surface area contributed by atoms with E-state index in [1.807, 2.05) is 31.2 Å². The molecule has 0 aliphatic carbocycles. The topological polar surface area (TPSA) is 90.9 Å². The summed E-state index contributed by atoms with van der Waals surface area (Å²) in [5.41, 5.74) is 2.77. The van der Waals surface area contributed by atoms with E-state index in [0.717, 1.165) is 11.1 Å². The lowest BCUT2D eigenvalue weighted by Gasteiger charge is -2.28. The molecule has 1 heterocycles. The molecular weight excluding hydrogens is 350 g/mol. The first-order valence-electron chi connectivity index (χ1n) is 8.37. The van der Waals surface area contributed by atoms with E-state index in [0.29, 0.717) is 11.4 Å². The van der Waals surface area contributed by atoms with Crippen LogP contribution in [0, 0.1) is 12.8 Å². The second kappa shape index (κ2) is 8.53. The Morgan fingerprint density at radius 2 is 1.37 bits per heavy atom. The molecule has 0 amide bonds. The van der Waals surface area contributed by atoms with Crippen molar-refractivity contribution >= 4 is 17.9 Å². The van der Waals surface area contributed by atoms with Crippen molar-refractivity contribution in [3.05, 3.63) is 57.9 Å². The Labute approximate surface area is 158 Å². The molecule has 1 aliphatic heterocycles. The predicted molar refractivity (Wildman–Crippen MR) is 97.0 cm³/mol. The van der Waals surface area contributed by atoms with E-state index in [1.165, 1.54) is 14.2 Å². The van der Waals surface area contributed by atoms with Crippen molar-refractivity contribution in [2.24, 2.45) is 5.92 Å². The highest BCUT2D eigenvalue weighted by Crippen LogP contribution is 2.32. The second-order valence-corrected chi connectivity index (χ2v) is 6.21. The molecular formula is C20H23NO6. The van der Waals surface area contributed by atoms with Gasteiger partial charge in [0.25, 0.3) is 0 Å². The molecule has 7 heteroatoms. The zero-order chi connectivity index (χ0) is 20.1. The Morgan fingerprint density at radius 1 is 0.889 bits per heavy atom. The van der Waals surface area contributed by atoms with Crippen LogP contribution in [0.4, 0.5) is 0 Å². The van der Waals surface area contributed by atoms with E-state index in [4.69, 9.17) is 14.2 Å². The number of aryl methyl sites for hydroxylation is 1. The van der Waals surface area contributed by atoms with Crippen molar-refractivity contribution in [2.45, 2.75) is 27.4 Å². The number of ether oxygens (including phenoxy) is 3. The molecule has 0 saturated carbocycles. The van der Waals surface area contributed by atoms with Crippen molar-refractivity contribution < 1.29 is 28.6 Å². The van der Waals surface area contributed by atoms with E-state index < -0.39 is 23.8 Å². The van der Waals surface area contributed by atoms with Gasteiger partial charge in [0.2, 0.25) is 0 Å². The van der Waals surface area contributed by atoms with Crippen LogP contribution in [0.2, 0.25) is 0 Å². The van der Waals surface area contributed by atoms with Gasteiger partial charge in [0.15, 0.2) is 0 Å². The Morgan fingerprint density at radius 3 is 1.81 bits per heavy atom. The molecule has 0 radical (unpaired) electrons. The van der Waals surface area contributed by atoms with Gasteiger partial charge in [-0.3, -0.25) is 4.79 Å². The lowest BCUT2D eigenvalue weighted by molar-refractivity contribution is -0.152. The maximum absolute atomic E-state index is 12.9. The summed E-state index contributed by atoms with van der Waals surface area (Å²) in [5.74, 6) is -3.38. The van der Waals surface area contributed by atoms with Crippen LogP contribution in [0.25, 0.3) is 0 Å². The number of benzene rings is 1. The molecule has 0 atom stereocenters. The highest BCUT2D eigenvalue weighted by Gasteiger charge is 2.42. The van der Waals surface area contributed by atoms with E-state index >= 15 is 0 Å². The molecule has 1 aromatic carbocycles. The van der Waals surface area contributed by atoms with Gasteiger partial charge in [0.1, 0.15) is 12.5 Å². The van der Waals surface area contributed by atoms with E-state index in [-0.39, 0.29) is 17.8 Å². The summed E-state index contributed by atoms with van der Waals surface area (Å²) in [4.78, 5) is 37.4. The van der Waals surface area contributed by atoms with Crippen molar-refractivity contribution in [3.8, 4) is 0 Å². The third-order valence-electron chi connectivity index (χ3n) is 4.31. The molecule has 144 valence electrons.